The zero-order valence-corrected chi connectivity index (χ0v) is 18.1. The number of hydrogen-bond acceptors (Lipinski definition) is 5. The third-order valence-corrected chi connectivity index (χ3v) is 5.95. The summed E-state index contributed by atoms with van der Waals surface area (Å²) in [5.41, 5.74) is 1.39. The fourth-order valence-electron chi connectivity index (χ4n) is 4.04. The SMILES string of the molecule is Cc1cc(/C(O)=C2\C(=O)C(=O)N(c3ccc4c(c3)OCO4)C2c2ccc(Cl)cc2)ccc1F. The van der Waals surface area contributed by atoms with Crippen LogP contribution < -0.4 is 14.4 Å². The second kappa shape index (κ2) is 7.94. The molecule has 2 aliphatic heterocycles. The maximum Gasteiger partial charge on any atom is 0.300 e. The summed E-state index contributed by atoms with van der Waals surface area (Å²) in [5.74, 6) is -1.53. The van der Waals surface area contributed by atoms with Gasteiger partial charge >= 0.3 is 0 Å². The zero-order valence-electron chi connectivity index (χ0n) is 17.3. The Balaban J connectivity index is 1.71. The summed E-state index contributed by atoms with van der Waals surface area (Å²) in [6, 6.07) is 14.6. The molecule has 8 heteroatoms. The van der Waals surface area contributed by atoms with E-state index in [4.69, 9.17) is 21.1 Å². The molecule has 6 nitrogen and oxygen atoms in total. The van der Waals surface area contributed by atoms with Crippen molar-refractivity contribution in [3.05, 3.63) is 93.8 Å². The molecule has 0 aliphatic carbocycles. The fourth-order valence-corrected chi connectivity index (χ4v) is 4.17. The first-order valence-electron chi connectivity index (χ1n) is 10.1. The molecule has 33 heavy (non-hydrogen) atoms. The first kappa shape index (κ1) is 21.0. The van der Waals surface area contributed by atoms with E-state index in [0.29, 0.717) is 33.3 Å². The van der Waals surface area contributed by atoms with Crippen LogP contribution in [-0.4, -0.2) is 23.6 Å². The number of nitrogens with zero attached hydrogens (tertiary/aromatic N) is 1. The van der Waals surface area contributed by atoms with Gasteiger partial charge in [0, 0.05) is 22.3 Å². The van der Waals surface area contributed by atoms with E-state index in [0.717, 1.165) is 0 Å². The lowest BCUT2D eigenvalue weighted by Gasteiger charge is -2.25. The predicted octanol–water partition coefficient (Wildman–Crippen LogP) is 5.14. The van der Waals surface area contributed by atoms with Gasteiger partial charge in [0.1, 0.15) is 11.6 Å². The highest BCUT2D eigenvalue weighted by molar-refractivity contribution is 6.51. The van der Waals surface area contributed by atoms with Gasteiger partial charge in [-0.05, 0) is 60.5 Å². The van der Waals surface area contributed by atoms with E-state index in [1.165, 1.54) is 23.1 Å². The number of aliphatic hydroxyl groups excluding tert-OH is 1. The van der Waals surface area contributed by atoms with E-state index in [1.54, 1.807) is 49.4 Å². The smallest absolute Gasteiger partial charge is 0.300 e. The van der Waals surface area contributed by atoms with Gasteiger partial charge in [-0.1, -0.05) is 23.7 Å². The van der Waals surface area contributed by atoms with Crippen molar-refractivity contribution in [2.45, 2.75) is 13.0 Å². The highest BCUT2D eigenvalue weighted by atomic mass is 35.5. The number of Topliss-reactive ketones (excluding diaryl/α,β-unsaturated/α-hetero) is 1. The zero-order chi connectivity index (χ0) is 23.3. The summed E-state index contributed by atoms with van der Waals surface area (Å²) in [6.07, 6.45) is 0. The van der Waals surface area contributed by atoms with Crippen molar-refractivity contribution in [1.29, 1.82) is 0 Å². The number of rotatable bonds is 3. The molecule has 3 aromatic rings. The summed E-state index contributed by atoms with van der Waals surface area (Å²) < 4.78 is 24.6. The fraction of sp³-hybridized carbons (Fsp3) is 0.120. The van der Waals surface area contributed by atoms with Gasteiger partial charge in [0.05, 0.1) is 11.6 Å². The predicted molar refractivity (Wildman–Crippen MR) is 120 cm³/mol. The lowest BCUT2D eigenvalue weighted by atomic mass is 9.94. The maximum atomic E-state index is 13.8. The number of fused-ring (bicyclic) bond motifs is 1. The molecule has 1 saturated heterocycles. The molecule has 2 heterocycles. The monoisotopic (exact) mass is 465 g/mol. The molecule has 0 radical (unpaired) electrons. The highest BCUT2D eigenvalue weighted by Gasteiger charge is 2.47. The number of carbonyl (C=O) groups is 2. The van der Waals surface area contributed by atoms with Crippen LogP contribution in [0.3, 0.4) is 0 Å². The molecular weight excluding hydrogens is 449 g/mol. The number of aliphatic hydroxyl groups is 1. The maximum absolute atomic E-state index is 13.8. The van der Waals surface area contributed by atoms with E-state index >= 15 is 0 Å². The first-order chi connectivity index (χ1) is 15.8. The van der Waals surface area contributed by atoms with Gasteiger partial charge in [-0.2, -0.15) is 0 Å². The van der Waals surface area contributed by atoms with E-state index in [-0.39, 0.29) is 23.7 Å². The molecular formula is C25H17ClFNO5. The Labute approximate surface area is 193 Å². The minimum atomic E-state index is -0.937. The minimum absolute atomic E-state index is 0.0577. The lowest BCUT2D eigenvalue weighted by molar-refractivity contribution is -0.132. The Morgan fingerprint density at radius 2 is 1.76 bits per heavy atom. The first-order valence-corrected chi connectivity index (χ1v) is 10.5. The van der Waals surface area contributed by atoms with Crippen LogP contribution in [0.4, 0.5) is 10.1 Å². The number of benzene rings is 3. The molecule has 0 aromatic heterocycles. The van der Waals surface area contributed by atoms with Gasteiger partial charge in [0.25, 0.3) is 11.7 Å². The van der Waals surface area contributed by atoms with Crippen molar-refractivity contribution in [2.75, 3.05) is 11.7 Å². The molecule has 5 rings (SSSR count). The quantitative estimate of drug-likeness (QED) is 0.329. The number of anilines is 1. The van der Waals surface area contributed by atoms with Crippen molar-refractivity contribution < 1.29 is 28.6 Å². The third kappa shape index (κ3) is 3.50. The molecule has 0 saturated carbocycles. The largest absolute Gasteiger partial charge is 0.507 e. The topological polar surface area (TPSA) is 76.1 Å². The van der Waals surface area contributed by atoms with Crippen LogP contribution in [0.2, 0.25) is 5.02 Å². The summed E-state index contributed by atoms with van der Waals surface area (Å²) in [5, 5.41) is 11.6. The van der Waals surface area contributed by atoms with Crippen molar-refractivity contribution in [3.63, 3.8) is 0 Å². The van der Waals surface area contributed by atoms with E-state index < -0.39 is 23.5 Å². The molecule has 1 fully saturated rings. The average Bonchev–Trinajstić information content (AvgIpc) is 3.38. The molecule has 0 spiro atoms. The standard InChI is InChI=1S/C25H17ClFNO5/c1-13-10-15(4-8-18(13)27)23(29)21-22(14-2-5-16(26)6-3-14)28(25(31)24(21)30)17-7-9-19-20(11-17)33-12-32-19/h2-11,22,29H,12H2,1H3/b23-21+. The second-order valence-electron chi connectivity index (χ2n) is 7.72. The van der Waals surface area contributed by atoms with Crippen molar-refractivity contribution in [2.24, 2.45) is 0 Å². The third-order valence-electron chi connectivity index (χ3n) is 5.70. The van der Waals surface area contributed by atoms with E-state index in [2.05, 4.69) is 0 Å². The van der Waals surface area contributed by atoms with Crippen LogP contribution in [0, 0.1) is 12.7 Å². The number of ether oxygens (including phenoxy) is 2. The minimum Gasteiger partial charge on any atom is -0.507 e. The molecule has 1 N–H and O–H groups in total. The van der Waals surface area contributed by atoms with Gasteiger partial charge in [-0.25, -0.2) is 4.39 Å². The van der Waals surface area contributed by atoms with Crippen molar-refractivity contribution in [1.82, 2.24) is 0 Å². The van der Waals surface area contributed by atoms with Crippen molar-refractivity contribution in [3.8, 4) is 11.5 Å². The van der Waals surface area contributed by atoms with Crippen LogP contribution in [0.1, 0.15) is 22.7 Å². The Hall–Kier alpha value is -3.84. The Morgan fingerprint density at radius 3 is 2.48 bits per heavy atom. The lowest BCUT2D eigenvalue weighted by Crippen LogP contribution is -2.29. The van der Waals surface area contributed by atoms with Crippen molar-refractivity contribution >= 4 is 34.7 Å². The van der Waals surface area contributed by atoms with Crippen LogP contribution in [0.25, 0.3) is 5.76 Å². The van der Waals surface area contributed by atoms with Crippen LogP contribution >= 0.6 is 11.6 Å². The van der Waals surface area contributed by atoms with E-state index in [1.807, 2.05) is 0 Å². The number of halogens is 2. The molecule has 1 atom stereocenters. The van der Waals surface area contributed by atoms with Gasteiger partial charge < -0.3 is 14.6 Å². The number of hydrogen-bond donors (Lipinski definition) is 1. The molecule has 1 amide bonds. The number of amides is 1. The number of ketones is 1. The summed E-state index contributed by atoms with van der Waals surface area (Å²) in [6.45, 7) is 1.61. The second-order valence-corrected chi connectivity index (χ2v) is 8.16. The molecule has 0 bridgehead atoms. The number of aryl methyl sites for hydroxylation is 1. The Bertz CT molecular complexity index is 1340. The molecule has 2 aliphatic rings. The highest BCUT2D eigenvalue weighted by Crippen LogP contribution is 2.45. The molecule has 3 aromatic carbocycles. The average molecular weight is 466 g/mol. The summed E-state index contributed by atoms with van der Waals surface area (Å²) in [7, 11) is 0. The van der Waals surface area contributed by atoms with Crippen LogP contribution in [0.15, 0.2) is 66.2 Å². The normalized spacial score (nSPS) is 18.8. The van der Waals surface area contributed by atoms with E-state index in [9.17, 15) is 19.1 Å². The van der Waals surface area contributed by atoms with Gasteiger partial charge in [0.2, 0.25) is 6.79 Å². The Kier molecular flexibility index (Phi) is 5.06. The molecule has 166 valence electrons. The van der Waals surface area contributed by atoms with Gasteiger partial charge in [-0.15, -0.1) is 0 Å². The Morgan fingerprint density at radius 1 is 1.03 bits per heavy atom. The van der Waals surface area contributed by atoms with Crippen LogP contribution in [0.5, 0.6) is 11.5 Å². The van der Waals surface area contributed by atoms with Gasteiger partial charge in [-0.3, -0.25) is 14.5 Å². The van der Waals surface area contributed by atoms with Gasteiger partial charge in [0.15, 0.2) is 11.5 Å². The molecule has 1 unspecified atom stereocenters. The summed E-state index contributed by atoms with van der Waals surface area (Å²) >= 11 is 6.05. The number of carbonyl (C=O) groups excluding carboxylic acids is 2. The summed E-state index contributed by atoms with van der Waals surface area (Å²) in [4.78, 5) is 27.7. The van der Waals surface area contributed by atoms with Crippen LogP contribution in [-0.2, 0) is 9.59 Å².